The maximum Gasteiger partial charge on any atom is 0.475 e. The number of fused-ring (bicyclic) bond motifs is 1. The molecule has 2 heterocycles. The van der Waals surface area contributed by atoms with Crippen molar-refractivity contribution in [3.63, 3.8) is 0 Å². The van der Waals surface area contributed by atoms with Gasteiger partial charge in [-0.05, 0) is 0 Å². The van der Waals surface area contributed by atoms with Gasteiger partial charge in [-0.1, -0.05) is 0 Å². The Morgan fingerprint density at radius 1 is 1.20 bits per heavy atom. The van der Waals surface area contributed by atoms with Gasteiger partial charge in [-0.2, -0.15) is 0 Å². The lowest BCUT2D eigenvalue weighted by Gasteiger charge is -2.36. The van der Waals surface area contributed by atoms with Crippen molar-refractivity contribution < 1.29 is 38.6 Å². The van der Waals surface area contributed by atoms with Crippen molar-refractivity contribution in [1.29, 1.82) is 0 Å². The van der Waals surface area contributed by atoms with Crippen LogP contribution in [-0.2, 0) is 18.3 Å². The van der Waals surface area contributed by atoms with Crippen molar-refractivity contribution >= 4 is 7.82 Å². The summed E-state index contributed by atoms with van der Waals surface area (Å²) in [6.45, 7) is -0.541. The molecule has 15 heavy (non-hydrogen) atoms. The van der Waals surface area contributed by atoms with Crippen LogP contribution in [0.1, 0.15) is 0 Å². The molecule has 9 heteroatoms. The molecule has 0 spiro atoms. The Hall–Kier alpha value is -0.0500. The molecule has 6 atom stereocenters. The average Bonchev–Trinajstić information content (AvgIpc) is 2.47. The number of hydrogen-bond acceptors (Lipinski definition) is 7. The van der Waals surface area contributed by atoms with Gasteiger partial charge in [-0.15, -0.1) is 0 Å². The van der Waals surface area contributed by atoms with Crippen molar-refractivity contribution in [2.75, 3.05) is 6.61 Å². The van der Waals surface area contributed by atoms with E-state index in [1.54, 1.807) is 0 Å². The van der Waals surface area contributed by atoms with E-state index in [1.165, 1.54) is 0 Å². The molecule has 0 aromatic heterocycles. The molecule has 0 bridgehead atoms. The van der Waals surface area contributed by atoms with Gasteiger partial charge in [0.15, 0.2) is 6.29 Å². The number of phosphoric ester groups is 1. The number of ether oxygens (including phenoxy) is 1. The molecule has 2 aliphatic rings. The first-order valence-corrected chi connectivity index (χ1v) is 5.76. The lowest BCUT2D eigenvalue weighted by molar-refractivity contribution is -0.249. The molecule has 2 aliphatic heterocycles. The SMILES string of the molecule is O=P1(O)OC2OC(CO)C(O)C(O)C2O1. The summed E-state index contributed by atoms with van der Waals surface area (Å²) in [5.74, 6) is 0. The first-order chi connectivity index (χ1) is 6.94. The third kappa shape index (κ3) is 1.95. The Morgan fingerprint density at radius 3 is 2.47 bits per heavy atom. The quantitative estimate of drug-likeness (QED) is 0.387. The van der Waals surface area contributed by atoms with Crippen molar-refractivity contribution in [2.45, 2.75) is 30.7 Å². The minimum atomic E-state index is -4.23. The molecule has 0 amide bonds. The Balaban J connectivity index is 2.17. The van der Waals surface area contributed by atoms with Crippen molar-refractivity contribution in [3.05, 3.63) is 0 Å². The maximum atomic E-state index is 11.0. The Morgan fingerprint density at radius 2 is 1.87 bits per heavy atom. The molecule has 2 saturated heterocycles. The molecule has 0 saturated carbocycles. The normalized spacial score (nSPS) is 55.3. The maximum absolute atomic E-state index is 11.0. The van der Waals surface area contributed by atoms with E-state index in [0.29, 0.717) is 0 Å². The van der Waals surface area contributed by atoms with E-state index in [1.807, 2.05) is 0 Å². The Kier molecular flexibility index (Phi) is 2.87. The lowest BCUT2D eigenvalue weighted by atomic mass is 10.00. The first-order valence-electron chi connectivity index (χ1n) is 4.26. The van der Waals surface area contributed by atoms with Crippen LogP contribution >= 0.6 is 7.82 Å². The third-order valence-electron chi connectivity index (χ3n) is 2.32. The van der Waals surface area contributed by atoms with Gasteiger partial charge in [-0.3, -0.25) is 9.05 Å². The zero-order chi connectivity index (χ0) is 11.2. The van der Waals surface area contributed by atoms with Crippen LogP contribution in [0.15, 0.2) is 0 Å². The van der Waals surface area contributed by atoms with Crippen LogP contribution in [0.5, 0.6) is 0 Å². The number of aliphatic hydroxyl groups is 3. The summed E-state index contributed by atoms with van der Waals surface area (Å²) in [6.07, 6.45) is -6.38. The molecule has 0 aliphatic carbocycles. The molecule has 0 radical (unpaired) electrons. The highest BCUT2D eigenvalue weighted by Crippen LogP contribution is 2.55. The second kappa shape index (κ2) is 3.76. The molecule has 6 unspecified atom stereocenters. The largest absolute Gasteiger partial charge is 0.475 e. The zero-order valence-electron chi connectivity index (χ0n) is 7.46. The molecule has 8 nitrogen and oxygen atoms in total. The molecule has 88 valence electrons. The number of hydrogen-bond donors (Lipinski definition) is 4. The summed E-state index contributed by atoms with van der Waals surface area (Å²) in [6, 6.07) is 0. The second-order valence-electron chi connectivity index (χ2n) is 3.35. The fourth-order valence-corrected chi connectivity index (χ4v) is 2.58. The first kappa shape index (κ1) is 11.4. The fraction of sp³-hybridized carbons (Fsp3) is 1.00. The van der Waals surface area contributed by atoms with Crippen LogP contribution < -0.4 is 0 Å². The molecular weight excluding hydrogens is 231 g/mol. The lowest BCUT2D eigenvalue weighted by Crippen LogP contribution is -2.57. The van der Waals surface area contributed by atoms with Gasteiger partial charge in [0.2, 0.25) is 0 Å². The molecule has 0 aromatic rings. The van der Waals surface area contributed by atoms with Crippen LogP contribution in [0.25, 0.3) is 0 Å². The summed E-state index contributed by atoms with van der Waals surface area (Å²) in [5, 5.41) is 27.7. The van der Waals surface area contributed by atoms with Crippen LogP contribution in [0.2, 0.25) is 0 Å². The highest BCUT2D eigenvalue weighted by Gasteiger charge is 2.55. The van der Waals surface area contributed by atoms with E-state index in [0.717, 1.165) is 0 Å². The van der Waals surface area contributed by atoms with Gasteiger partial charge >= 0.3 is 7.82 Å². The van der Waals surface area contributed by atoms with E-state index in [4.69, 9.17) is 14.7 Å². The summed E-state index contributed by atoms with van der Waals surface area (Å²) in [7, 11) is -4.23. The second-order valence-corrected chi connectivity index (χ2v) is 4.71. The van der Waals surface area contributed by atoms with Crippen LogP contribution in [0.3, 0.4) is 0 Å². The van der Waals surface area contributed by atoms with Crippen LogP contribution in [0.4, 0.5) is 0 Å². The summed E-state index contributed by atoms with van der Waals surface area (Å²) >= 11 is 0. The highest BCUT2D eigenvalue weighted by molar-refractivity contribution is 7.47. The standard InChI is InChI=1S/C6H11O8P/c7-1-2-3(8)4(9)5-6(12-2)14-15(10,11)13-5/h2-9H,1H2,(H,10,11). The monoisotopic (exact) mass is 242 g/mol. The minimum Gasteiger partial charge on any atom is -0.394 e. The Labute approximate surface area is 84.6 Å². The average molecular weight is 242 g/mol. The Bertz CT molecular complexity index is 295. The van der Waals surface area contributed by atoms with E-state index in [-0.39, 0.29) is 0 Å². The van der Waals surface area contributed by atoms with E-state index >= 15 is 0 Å². The van der Waals surface area contributed by atoms with Crippen LogP contribution in [0, 0.1) is 0 Å². The van der Waals surface area contributed by atoms with Gasteiger partial charge in [-0.25, -0.2) is 4.57 Å². The fourth-order valence-electron chi connectivity index (χ4n) is 1.56. The number of rotatable bonds is 1. The molecule has 2 rings (SSSR count). The molecular formula is C6H11O8P. The van der Waals surface area contributed by atoms with Gasteiger partial charge in [0.1, 0.15) is 24.4 Å². The van der Waals surface area contributed by atoms with Gasteiger partial charge in [0, 0.05) is 0 Å². The summed E-state index contributed by atoms with van der Waals surface area (Å²) in [4.78, 5) is 8.96. The van der Waals surface area contributed by atoms with Gasteiger partial charge in [0.05, 0.1) is 6.61 Å². The van der Waals surface area contributed by atoms with Gasteiger partial charge in [0.25, 0.3) is 0 Å². The van der Waals surface area contributed by atoms with E-state index < -0.39 is 45.1 Å². The third-order valence-corrected chi connectivity index (χ3v) is 3.30. The summed E-state index contributed by atoms with van der Waals surface area (Å²) < 4.78 is 24.9. The predicted molar refractivity (Wildman–Crippen MR) is 43.5 cm³/mol. The van der Waals surface area contributed by atoms with Crippen molar-refractivity contribution in [1.82, 2.24) is 0 Å². The molecule has 2 fully saturated rings. The summed E-state index contributed by atoms with van der Waals surface area (Å²) in [5.41, 5.74) is 0. The number of phosphoric acid groups is 1. The molecule has 0 aromatic carbocycles. The predicted octanol–water partition coefficient (Wildman–Crippen LogP) is -2.06. The minimum absolute atomic E-state index is 0.541. The highest BCUT2D eigenvalue weighted by atomic mass is 31.2. The smallest absolute Gasteiger partial charge is 0.394 e. The van der Waals surface area contributed by atoms with Crippen molar-refractivity contribution in [3.8, 4) is 0 Å². The zero-order valence-corrected chi connectivity index (χ0v) is 8.36. The number of aliphatic hydroxyl groups excluding tert-OH is 3. The van der Waals surface area contributed by atoms with Crippen molar-refractivity contribution in [2.24, 2.45) is 0 Å². The topological polar surface area (TPSA) is 126 Å². The van der Waals surface area contributed by atoms with E-state index in [9.17, 15) is 14.8 Å². The van der Waals surface area contributed by atoms with Gasteiger partial charge < -0.3 is 24.9 Å². The van der Waals surface area contributed by atoms with E-state index in [2.05, 4.69) is 9.05 Å². The molecule has 4 N–H and O–H groups in total. The van der Waals surface area contributed by atoms with Crippen LogP contribution in [-0.4, -0.2) is 57.5 Å².